The molecule has 0 atom stereocenters. The molecule has 2 aromatic rings. The number of nitrogens with zero attached hydrogens (tertiary/aromatic N) is 5. The molecule has 0 spiro atoms. The van der Waals surface area contributed by atoms with Gasteiger partial charge >= 0.3 is 0 Å². The Morgan fingerprint density at radius 1 is 1.22 bits per heavy atom. The van der Waals surface area contributed by atoms with E-state index >= 15 is 0 Å². The van der Waals surface area contributed by atoms with E-state index in [0.717, 1.165) is 10.2 Å². The van der Waals surface area contributed by atoms with Crippen LogP contribution in [-0.4, -0.2) is 39.3 Å². The number of sulfonamides is 1. The molecule has 0 bridgehead atoms. The normalized spacial score (nSPS) is 12.3. The monoisotopic (exact) mass is 403 g/mol. The molecule has 0 aromatic carbocycles. The smallest absolute Gasteiger partial charge is 0.246 e. The highest BCUT2D eigenvalue weighted by Crippen LogP contribution is 2.25. The Bertz CT molecular complexity index is 809. The van der Waals surface area contributed by atoms with Crippen molar-refractivity contribution in [2.24, 2.45) is 0 Å². The van der Waals surface area contributed by atoms with Crippen molar-refractivity contribution in [2.75, 3.05) is 7.05 Å². The Hall–Kier alpha value is -1.19. The van der Waals surface area contributed by atoms with Crippen LogP contribution in [0.5, 0.6) is 0 Å². The zero-order chi connectivity index (χ0) is 17.4. The minimum Gasteiger partial charge on any atom is -0.268 e. The van der Waals surface area contributed by atoms with E-state index < -0.39 is 10.0 Å². The molecule has 0 saturated carbocycles. The predicted molar refractivity (Wildman–Crippen MR) is 91.6 cm³/mol. The Labute approximate surface area is 145 Å². The maximum absolute atomic E-state index is 13.0. The molecule has 2 heterocycles. The van der Waals surface area contributed by atoms with Crippen LogP contribution < -0.4 is 0 Å². The molecular weight excluding hydrogens is 382 g/mol. The lowest BCUT2D eigenvalue weighted by Crippen LogP contribution is -2.28. The van der Waals surface area contributed by atoms with E-state index in [9.17, 15) is 8.42 Å². The molecule has 23 heavy (non-hydrogen) atoms. The Morgan fingerprint density at radius 2 is 1.83 bits per heavy atom. The van der Waals surface area contributed by atoms with E-state index in [-0.39, 0.29) is 6.54 Å². The average molecular weight is 404 g/mol. The summed E-state index contributed by atoms with van der Waals surface area (Å²) in [7, 11) is -2.04. The molecule has 0 aliphatic rings. The van der Waals surface area contributed by atoms with Gasteiger partial charge in [-0.15, -0.1) is 0 Å². The molecule has 0 amide bonds. The van der Waals surface area contributed by atoms with E-state index in [1.165, 1.54) is 4.31 Å². The fraction of sp³-hybridized carbons (Fsp3) is 0.571. The summed E-state index contributed by atoms with van der Waals surface area (Å²) >= 11 is 3.43. The lowest BCUT2D eigenvalue weighted by atomic mass is 10.4. The zero-order valence-corrected chi connectivity index (χ0v) is 16.4. The van der Waals surface area contributed by atoms with Crippen molar-refractivity contribution in [1.82, 2.24) is 23.9 Å². The van der Waals surface area contributed by atoms with Crippen molar-refractivity contribution >= 4 is 26.0 Å². The Balaban J connectivity index is 2.40. The summed E-state index contributed by atoms with van der Waals surface area (Å²) in [5.41, 5.74) is 2.02. The second-order valence-corrected chi connectivity index (χ2v) is 8.17. The number of halogens is 1. The van der Waals surface area contributed by atoms with Crippen LogP contribution in [0.15, 0.2) is 15.6 Å². The summed E-state index contributed by atoms with van der Waals surface area (Å²) in [6.45, 7) is 8.99. The van der Waals surface area contributed by atoms with Crippen LogP contribution in [0.3, 0.4) is 0 Å². The van der Waals surface area contributed by atoms with Gasteiger partial charge in [0, 0.05) is 20.1 Å². The number of rotatable bonds is 6. The molecule has 0 N–H and O–H groups in total. The van der Waals surface area contributed by atoms with Crippen molar-refractivity contribution in [3.05, 3.63) is 27.8 Å². The van der Waals surface area contributed by atoms with Gasteiger partial charge in [0.2, 0.25) is 10.0 Å². The molecule has 0 radical (unpaired) electrons. The molecule has 128 valence electrons. The molecule has 0 fully saturated rings. The molecule has 9 heteroatoms. The van der Waals surface area contributed by atoms with Crippen LogP contribution in [0.1, 0.15) is 30.9 Å². The quantitative estimate of drug-likeness (QED) is 0.741. The van der Waals surface area contributed by atoms with Crippen LogP contribution in [0.25, 0.3) is 0 Å². The second kappa shape index (κ2) is 6.74. The van der Waals surface area contributed by atoms with Crippen LogP contribution in [0, 0.1) is 13.8 Å². The standard InChI is InChI=1S/C14H22BrN5O2S/c1-6-19-11(4)14(10(3)17-19)23(21,22)18(5)9-13-12(15)8-16-20(13)7-2/h8H,6-7,9H2,1-5H3. The molecule has 0 aliphatic heterocycles. The van der Waals surface area contributed by atoms with E-state index in [0.29, 0.717) is 29.4 Å². The van der Waals surface area contributed by atoms with Crippen molar-refractivity contribution in [1.29, 1.82) is 0 Å². The zero-order valence-electron chi connectivity index (χ0n) is 14.0. The fourth-order valence-corrected chi connectivity index (χ4v) is 4.55. The Morgan fingerprint density at radius 3 is 2.35 bits per heavy atom. The van der Waals surface area contributed by atoms with Gasteiger partial charge in [-0.2, -0.15) is 14.5 Å². The molecule has 2 aromatic heterocycles. The number of hydrogen-bond acceptors (Lipinski definition) is 4. The third-order valence-corrected chi connectivity index (χ3v) is 6.57. The van der Waals surface area contributed by atoms with Crippen molar-refractivity contribution in [3.8, 4) is 0 Å². The first-order valence-electron chi connectivity index (χ1n) is 7.44. The maximum atomic E-state index is 13.0. The summed E-state index contributed by atoms with van der Waals surface area (Å²) in [6, 6.07) is 0. The third kappa shape index (κ3) is 3.22. The van der Waals surface area contributed by atoms with Gasteiger partial charge in [0.15, 0.2) is 0 Å². The third-order valence-electron chi connectivity index (χ3n) is 3.85. The van der Waals surface area contributed by atoms with Gasteiger partial charge in [-0.05, 0) is 43.6 Å². The molecule has 0 aliphatic carbocycles. The van der Waals surface area contributed by atoms with Gasteiger partial charge in [0.25, 0.3) is 0 Å². The van der Waals surface area contributed by atoms with Gasteiger partial charge in [-0.25, -0.2) is 8.42 Å². The number of hydrogen-bond donors (Lipinski definition) is 0. The van der Waals surface area contributed by atoms with Gasteiger partial charge < -0.3 is 0 Å². The van der Waals surface area contributed by atoms with Gasteiger partial charge in [-0.1, -0.05) is 0 Å². The minimum atomic E-state index is -3.62. The van der Waals surface area contributed by atoms with Crippen LogP contribution in [0.4, 0.5) is 0 Å². The van der Waals surface area contributed by atoms with E-state index in [2.05, 4.69) is 26.1 Å². The first-order chi connectivity index (χ1) is 10.7. The van der Waals surface area contributed by atoms with Crippen LogP contribution in [0.2, 0.25) is 0 Å². The summed E-state index contributed by atoms with van der Waals surface area (Å²) in [5.74, 6) is 0. The topological polar surface area (TPSA) is 73.0 Å². The van der Waals surface area contributed by atoms with Gasteiger partial charge in [0.05, 0.1) is 34.3 Å². The molecule has 0 saturated heterocycles. The van der Waals surface area contributed by atoms with E-state index in [1.807, 2.05) is 13.8 Å². The summed E-state index contributed by atoms with van der Waals surface area (Å²) < 4.78 is 31.6. The van der Waals surface area contributed by atoms with Gasteiger partial charge in [-0.3, -0.25) is 9.36 Å². The van der Waals surface area contributed by atoms with Crippen LogP contribution in [-0.2, 0) is 29.7 Å². The minimum absolute atomic E-state index is 0.243. The lowest BCUT2D eigenvalue weighted by molar-refractivity contribution is 0.445. The largest absolute Gasteiger partial charge is 0.268 e. The fourth-order valence-electron chi connectivity index (χ4n) is 2.63. The van der Waals surface area contributed by atoms with E-state index in [1.54, 1.807) is 36.5 Å². The molecule has 7 nitrogen and oxygen atoms in total. The summed E-state index contributed by atoms with van der Waals surface area (Å²) in [5, 5.41) is 8.54. The number of aryl methyl sites for hydroxylation is 3. The highest BCUT2D eigenvalue weighted by Gasteiger charge is 2.29. The number of aromatic nitrogens is 4. The predicted octanol–water partition coefficient (Wildman–Crippen LogP) is 2.32. The highest BCUT2D eigenvalue weighted by molar-refractivity contribution is 9.10. The maximum Gasteiger partial charge on any atom is 0.246 e. The molecular formula is C14H22BrN5O2S. The first-order valence-corrected chi connectivity index (χ1v) is 9.67. The summed E-state index contributed by atoms with van der Waals surface area (Å²) in [6.07, 6.45) is 1.69. The lowest BCUT2D eigenvalue weighted by Gasteiger charge is -2.18. The van der Waals surface area contributed by atoms with Gasteiger partial charge in [0.1, 0.15) is 4.90 Å². The van der Waals surface area contributed by atoms with Crippen molar-refractivity contribution in [3.63, 3.8) is 0 Å². The average Bonchev–Trinajstić information content (AvgIpc) is 2.99. The molecule has 2 rings (SSSR count). The highest BCUT2D eigenvalue weighted by atomic mass is 79.9. The first kappa shape index (κ1) is 18.2. The molecule has 0 unspecified atom stereocenters. The van der Waals surface area contributed by atoms with Crippen molar-refractivity contribution in [2.45, 2.75) is 52.2 Å². The van der Waals surface area contributed by atoms with E-state index in [4.69, 9.17) is 0 Å². The van der Waals surface area contributed by atoms with Crippen molar-refractivity contribution < 1.29 is 8.42 Å². The second-order valence-electron chi connectivity index (χ2n) is 5.33. The Kier molecular flexibility index (Phi) is 5.32. The van der Waals surface area contributed by atoms with Crippen LogP contribution >= 0.6 is 15.9 Å². The summed E-state index contributed by atoms with van der Waals surface area (Å²) in [4.78, 5) is 0.292. The SMILES string of the molecule is CCn1nc(C)c(S(=O)(=O)N(C)Cc2c(Br)cnn2CC)c1C.